The van der Waals surface area contributed by atoms with Crippen LogP contribution in [0.4, 0.5) is 0 Å². The molecule has 1 amide bonds. The van der Waals surface area contributed by atoms with Crippen LogP contribution in [0.2, 0.25) is 0 Å². The number of carbonyl (C=O) groups excluding carboxylic acids is 2. The molecule has 0 aliphatic carbocycles. The van der Waals surface area contributed by atoms with Crippen molar-refractivity contribution in [2.45, 2.75) is 45.4 Å². The van der Waals surface area contributed by atoms with Gasteiger partial charge in [0.05, 0.1) is 24.5 Å². The second-order valence-corrected chi connectivity index (χ2v) is 9.10. The molecule has 2 aliphatic heterocycles. The summed E-state index contributed by atoms with van der Waals surface area (Å²) >= 11 is 0. The molecule has 1 saturated heterocycles. The molecule has 0 radical (unpaired) electrons. The third-order valence-electron chi connectivity index (χ3n) is 6.59. The Hall–Kier alpha value is -4.07. The lowest BCUT2D eigenvalue weighted by Gasteiger charge is -2.25. The minimum atomic E-state index is -0.702. The van der Waals surface area contributed by atoms with Gasteiger partial charge >= 0.3 is 0 Å². The normalized spacial score (nSPS) is 20.4. The molecule has 0 bridgehead atoms. The number of hydrogen-bond donors (Lipinski definition) is 1. The lowest BCUT2D eigenvalue weighted by molar-refractivity contribution is -0.139. The molecule has 0 spiro atoms. The number of aryl methyl sites for hydroxylation is 1. The highest BCUT2D eigenvalue weighted by molar-refractivity contribution is 6.46. The summed E-state index contributed by atoms with van der Waals surface area (Å²) in [6.07, 6.45) is 6.69. The molecule has 1 N–H and O–H groups in total. The van der Waals surface area contributed by atoms with Gasteiger partial charge in [-0.25, -0.2) is 4.98 Å². The predicted molar refractivity (Wildman–Crippen MR) is 134 cm³/mol. The van der Waals surface area contributed by atoms with Crippen molar-refractivity contribution in [2.75, 3.05) is 13.2 Å². The fourth-order valence-electron chi connectivity index (χ4n) is 4.94. The van der Waals surface area contributed by atoms with Gasteiger partial charge < -0.3 is 24.0 Å². The van der Waals surface area contributed by atoms with E-state index < -0.39 is 17.7 Å². The first-order valence-corrected chi connectivity index (χ1v) is 12.2. The van der Waals surface area contributed by atoms with Gasteiger partial charge in [0.2, 0.25) is 0 Å². The van der Waals surface area contributed by atoms with E-state index in [0.717, 1.165) is 23.3 Å². The van der Waals surface area contributed by atoms with E-state index in [4.69, 9.17) is 9.47 Å². The molecule has 5 rings (SSSR count). The molecule has 3 heterocycles. The van der Waals surface area contributed by atoms with Crippen LogP contribution in [0.5, 0.6) is 11.5 Å². The van der Waals surface area contributed by atoms with Gasteiger partial charge in [0.25, 0.3) is 11.7 Å². The van der Waals surface area contributed by atoms with Crippen LogP contribution in [0.1, 0.15) is 43.0 Å². The number of amides is 1. The maximum atomic E-state index is 13.3. The van der Waals surface area contributed by atoms with Gasteiger partial charge in [0.15, 0.2) is 0 Å². The minimum absolute atomic E-state index is 0.0577. The van der Waals surface area contributed by atoms with Gasteiger partial charge in [0.1, 0.15) is 23.4 Å². The second kappa shape index (κ2) is 9.89. The van der Waals surface area contributed by atoms with Gasteiger partial charge in [-0.15, -0.1) is 0 Å². The number of fused-ring (bicyclic) bond motifs is 1. The highest BCUT2D eigenvalue weighted by Crippen LogP contribution is 2.41. The van der Waals surface area contributed by atoms with Crippen LogP contribution in [0, 0.1) is 0 Å². The molecule has 2 unspecified atom stereocenters. The van der Waals surface area contributed by atoms with Crippen LogP contribution in [0.25, 0.3) is 5.76 Å². The number of ether oxygens (including phenoxy) is 2. The number of hydrogen-bond acceptors (Lipinski definition) is 6. The number of aliphatic hydroxyl groups excluding tert-OH is 1. The Bertz CT molecular complexity index is 1300. The van der Waals surface area contributed by atoms with Crippen LogP contribution in [0.3, 0.4) is 0 Å². The first kappa shape index (κ1) is 23.7. The summed E-state index contributed by atoms with van der Waals surface area (Å²) in [6.45, 7) is 5.44. The number of aromatic nitrogens is 2. The molecular formula is C28H29N3O5. The van der Waals surface area contributed by atoms with E-state index >= 15 is 0 Å². The zero-order valence-electron chi connectivity index (χ0n) is 20.4. The van der Waals surface area contributed by atoms with Crippen molar-refractivity contribution in [1.82, 2.24) is 14.5 Å². The van der Waals surface area contributed by atoms with E-state index in [-0.39, 0.29) is 17.4 Å². The molecule has 186 valence electrons. The van der Waals surface area contributed by atoms with E-state index in [9.17, 15) is 14.7 Å². The van der Waals surface area contributed by atoms with Gasteiger partial charge in [-0.05, 0) is 61.7 Å². The quantitative estimate of drug-likeness (QED) is 0.292. The summed E-state index contributed by atoms with van der Waals surface area (Å²) in [5.74, 6) is 0.0122. The fraction of sp³-hybridized carbons (Fsp3) is 0.321. The number of imidazole rings is 1. The smallest absolute Gasteiger partial charge is 0.295 e. The standard InChI is InChI=1S/C28H29N3O5/c1-3-35-22-8-5-19(6-9-22)25-24(26(32)20-7-10-23-21(16-20)15-18(2)36-23)27(33)28(34)31(25)13-4-12-30-14-11-29-17-30/h5-11,14,16-18,25,32H,3-4,12-13,15H2,1-2H3/b26-24+. The van der Waals surface area contributed by atoms with Crippen molar-refractivity contribution in [2.24, 2.45) is 0 Å². The minimum Gasteiger partial charge on any atom is -0.507 e. The van der Waals surface area contributed by atoms with Crippen LogP contribution in [-0.2, 0) is 22.6 Å². The van der Waals surface area contributed by atoms with Crippen molar-refractivity contribution >= 4 is 17.4 Å². The molecule has 0 saturated carbocycles. The maximum absolute atomic E-state index is 13.3. The van der Waals surface area contributed by atoms with E-state index in [1.54, 1.807) is 29.6 Å². The van der Waals surface area contributed by atoms with Gasteiger partial charge in [-0.3, -0.25) is 9.59 Å². The highest BCUT2D eigenvalue weighted by atomic mass is 16.5. The van der Waals surface area contributed by atoms with Gasteiger partial charge in [-0.1, -0.05) is 12.1 Å². The van der Waals surface area contributed by atoms with Crippen LogP contribution >= 0.6 is 0 Å². The third-order valence-corrected chi connectivity index (χ3v) is 6.59. The van der Waals surface area contributed by atoms with E-state index in [0.29, 0.717) is 37.4 Å². The Balaban J connectivity index is 1.52. The number of benzene rings is 2. The number of rotatable bonds is 8. The predicted octanol–water partition coefficient (Wildman–Crippen LogP) is 4.12. The van der Waals surface area contributed by atoms with Crippen molar-refractivity contribution in [3.8, 4) is 11.5 Å². The van der Waals surface area contributed by atoms with E-state index in [1.807, 2.05) is 54.9 Å². The van der Waals surface area contributed by atoms with Gasteiger partial charge in [0, 0.05) is 37.5 Å². The molecule has 3 aromatic rings. The lowest BCUT2D eigenvalue weighted by Crippen LogP contribution is -2.31. The summed E-state index contributed by atoms with van der Waals surface area (Å²) in [7, 11) is 0. The van der Waals surface area contributed by atoms with Crippen molar-refractivity contribution in [3.05, 3.63) is 83.4 Å². The molecule has 2 atom stereocenters. The molecule has 36 heavy (non-hydrogen) atoms. The average Bonchev–Trinajstić information content (AvgIpc) is 3.58. The Morgan fingerprint density at radius 3 is 2.69 bits per heavy atom. The average molecular weight is 488 g/mol. The number of aliphatic hydroxyl groups is 1. The summed E-state index contributed by atoms with van der Waals surface area (Å²) in [5, 5.41) is 11.4. The zero-order chi connectivity index (χ0) is 25.2. The summed E-state index contributed by atoms with van der Waals surface area (Å²) in [4.78, 5) is 32.1. The highest BCUT2D eigenvalue weighted by Gasteiger charge is 2.45. The molecule has 2 aliphatic rings. The molecule has 1 aromatic heterocycles. The topological polar surface area (TPSA) is 93.9 Å². The Morgan fingerprint density at radius 2 is 1.97 bits per heavy atom. The van der Waals surface area contributed by atoms with Crippen LogP contribution in [0.15, 0.2) is 66.8 Å². The SMILES string of the molecule is CCOc1ccc(C2/C(=C(\O)c3ccc4c(c3)CC(C)O4)C(=O)C(=O)N2CCCn2ccnc2)cc1. The number of Topliss-reactive ketones (excluding diaryl/α,β-unsaturated/α-hetero) is 1. The first-order valence-electron chi connectivity index (χ1n) is 12.2. The molecule has 1 fully saturated rings. The van der Waals surface area contributed by atoms with Crippen molar-refractivity contribution in [3.63, 3.8) is 0 Å². The van der Waals surface area contributed by atoms with Crippen molar-refractivity contribution in [1.29, 1.82) is 0 Å². The first-order chi connectivity index (χ1) is 17.5. The third kappa shape index (κ3) is 4.46. The number of ketones is 1. The number of nitrogens with zero attached hydrogens (tertiary/aromatic N) is 3. The Labute approximate surface area is 209 Å². The molecule has 2 aromatic carbocycles. The molecule has 8 heteroatoms. The number of carbonyl (C=O) groups is 2. The summed E-state index contributed by atoms with van der Waals surface area (Å²) in [5.41, 5.74) is 2.30. The molecular weight excluding hydrogens is 458 g/mol. The van der Waals surface area contributed by atoms with Gasteiger partial charge in [-0.2, -0.15) is 0 Å². The fourth-order valence-corrected chi connectivity index (χ4v) is 4.94. The van der Waals surface area contributed by atoms with Crippen LogP contribution in [-0.4, -0.2) is 50.5 Å². The second-order valence-electron chi connectivity index (χ2n) is 9.10. The van der Waals surface area contributed by atoms with Crippen LogP contribution < -0.4 is 9.47 Å². The molecule has 8 nitrogen and oxygen atoms in total. The number of likely N-dealkylation sites (tertiary alicyclic amines) is 1. The Morgan fingerprint density at radius 1 is 1.17 bits per heavy atom. The van der Waals surface area contributed by atoms with Crippen molar-refractivity contribution < 1.29 is 24.2 Å². The summed E-state index contributed by atoms with van der Waals surface area (Å²) in [6, 6.07) is 12.0. The summed E-state index contributed by atoms with van der Waals surface area (Å²) < 4.78 is 13.3. The maximum Gasteiger partial charge on any atom is 0.295 e. The largest absolute Gasteiger partial charge is 0.507 e. The van der Waals surface area contributed by atoms with E-state index in [2.05, 4.69) is 4.98 Å². The Kier molecular flexibility index (Phi) is 6.50. The lowest BCUT2D eigenvalue weighted by atomic mass is 9.94. The zero-order valence-corrected chi connectivity index (χ0v) is 20.4. The monoisotopic (exact) mass is 487 g/mol. The van der Waals surface area contributed by atoms with E-state index in [1.165, 1.54) is 0 Å².